The molecule has 2 heterocycles. The van der Waals surface area contributed by atoms with Gasteiger partial charge in [0.2, 0.25) is 0 Å². The normalized spacial score (nSPS) is 18.7. The van der Waals surface area contributed by atoms with Crippen LogP contribution in [0.2, 0.25) is 0 Å². The van der Waals surface area contributed by atoms with Crippen molar-refractivity contribution in [1.82, 2.24) is 19.9 Å². The minimum Gasteiger partial charge on any atom is -0.383 e. The molecule has 8 heteroatoms. The van der Waals surface area contributed by atoms with Crippen molar-refractivity contribution >= 4 is 0 Å². The minimum atomic E-state index is -4.54. The van der Waals surface area contributed by atoms with E-state index in [0.717, 1.165) is 11.4 Å². The van der Waals surface area contributed by atoms with Gasteiger partial charge in [-0.1, -0.05) is 18.2 Å². The highest BCUT2D eigenvalue weighted by molar-refractivity contribution is 5.28. The molecule has 2 aromatic rings. The van der Waals surface area contributed by atoms with Crippen molar-refractivity contribution in [3.05, 3.63) is 42.2 Å². The maximum absolute atomic E-state index is 12.6. The first-order valence-corrected chi connectivity index (χ1v) is 7.87. The van der Waals surface area contributed by atoms with Crippen LogP contribution in [0.3, 0.4) is 0 Å². The summed E-state index contributed by atoms with van der Waals surface area (Å²) in [4.78, 5) is 3.58. The van der Waals surface area contributed by atoms with E-state index in [1.165, 1.54) is 4.80 Å². The molecule has 0 saturated carbocycles. The van der Waals surface area contributed by atoms with Gasteiger partial charge in [-0.15, -0.1) is 0 Å². The second-order valence-electron chi connectivity index (χ2n) is 6.06. The molecule has 0 spiro atoms. The number of nitrogens with zero attached hydrogens (tertiary/aromatic N) is 4. The molecule has 1 saturated heterocycles. The van der Waals surface area contributed by atoms with Gasteiger partial charge in [-0.2, -0.15) is 28.2 Å². The number of aromatic nitrogens is 3. The number of rotatable bonds is 4. The van der Waals surface area contributed by atoms with E-state index in [4.69, 9.17) is 0 Å². The number of likely N-dealkylation sites (tertiary alicyclic amines) is 1. The molecule has 1 fully saturated rings. The van der Waals surface area contributed by atoms with Crippen LogP contribution in [-0.4, -0.2) is 50.4 Å². The number of para-hydroxylation sites is 1. The number of hydrogen-bond acceptors (Lipinski definition) is 4. The van der Waals surface area contributed by atoms with Crippen molar-refractivity contribution in [2.45, 2.75) is 31.7 Å². The van der Waals surface area contributed by atoms with Gasteiger partial charge in [-0.05, 0) is 44.0 Å². The van der Waals surface area contributed by atoms with Crippen molar-refractivity contribution in [2.24, 2.45) is 5.92 Å². The molecule has 1 N–H and O–H groups in total. The summed E-state index contributed by atoms with van der Waals surface area (Å²) < 4.78 is 37.7. The number of aliphatic hydroxyl groups is 1. The second kappa shape index (κ2) is 6.90. The van der Waals surface area contributed by atoms with E-state index < -0.39 is 18.2 Å². The average Bonchev–Trinajstić information content (AvgIpc) is 3.03. The van der Waals surface area contributed by atoms with Gasteiger partial charge in [0.15, 0.2) is 6.10 Å². The number of aliphatic hydroxyl groups excluding tert-OH is 1. The van der Waals surface area contributed by atoms with Gasteiger partial charge < -0.3 is 5.11 Å². The first kappa shape index (κ1) is 16.9. The van der Waals surface area contributed by atoms with Gasteiger partial charge in [0.05, 0.1) is 17.6 Å². The van der Waals surface area contributed by atoms with Gasteiger partial charge in [-0.3, -0.25) is 4.90 Å². The van der Waals surface area contributed by atoms with E-state index in [-0.39, 0.29) is 0 Å². The van der Waals surface area contributed by atoms with E-state index in [2.05, 4.69) is 10.2 Å². The maximum atomic E-state index is 12.6. The van der Waals surface area contributed by atoms with Crippen LogP contribution in [0, 0.1) is 5.92 Å². The SMILES string of the molecule is OC(C1CCN(Cc2cnn(-c3ccccc3)n2)CC1)C(F)(F)F. The van der Waals surface area contributed by atoms with Crippen LogP contribution in [0.4, 0.5) is 13.2 Å². The van der Waals surface area contributed by atoms with Crippen LogP contribution >= 0.6 is 0 Å². The molecule has 0 bridgehead atoms. The number of alkyl halides is 3. The molecule has 130 valence electrons. The van der Waals surface area contributed by atoms with Crippen molar-refractivity contribution in [3.8, 4) is 5.69 Å². The Kier molecular flexibility index (Phi) is 4.86. The van der Waals surface area contributed by atoms with Crippen LogP contribution in [0.15, 0.2) is 36.5 Å². The highest BCUT2D eigenvalue weighted by Crippen LogP contribution is 2.31. The number of halogens is 3. The molecule has 5 nitrogen and oxygen atoms in total. The van der Waals surface area contributed by atoms with Gasteiger partial charge in [0, 0.05) is 6.54 Å². The zero-order valence-electron chi connectivity index (χ0n) is 13.0. The van der Waals surface area contributed by atoms with Gasteiger partial charge >= 0.3 is 6.18 Å². The van der Waals surface area contributed by atoms with Crippen molar-refractivity contribution in [2.75, 3.05) is 13.1 Å². The molecule has 1 aromatic carbocycles. The lowest BCUT2D eigenvalue weighted by Gasteiger charge is -2.34. The van der Waals surface area contributed by atoms with Crippen LogP contribution in [-0.2, 0) is 6.54 Å². The molecule has 1 atom stereocenters. The lowest BCUT2D eigenvalue weighted by atomic mass is 9.91. The Morgan fingerprint density at radius 1 is 1.17 bits per heavy atom. The summed E-state index contributed by atoms with van der Waals surface area (Å²) >= 11 is 0. The Morgan fingerprint density at radius 3 is 2.46 bits per heavy atom. The fraction of sp³-hybridized carbons (Fsp3) is 0.500. The Labute approximate surface area is 137 Å². The Bertz CT molecular complexity index is 651. The molecule has 0 aliphatic carbocycles. The Morgan fingerprint density at radius 2 is 1.83 bits per heavy atom. The summed E-state index contributed by atoms with van der Waals surface area (Å²) in [7, 11) is 0. The second-order valence-corrected chi connectivity index (χ2v) is 6.06. The fourth-order valence-corrected chi connectivity index (χ4v) is 2.98. The maximum Gasteiger partial charge on any atom is 0.414 e. The summed E-state index contributed by atoms with van der Waals surface area (Å²) in [5.74, 6) is -0.721. The van der Waals surface area contributed by atoms with Crippen LogP contribution < -0.4 is 0 Å². The van der Waals surface area contributed by atoms with E-state index in [0.29, 0.717) is 32.5 Å². The summed E-state index contributed by atoms with van der Waals surface area (Å²) in [6, 6.07) is 9.50. The minimum absolute atomic E-state index is 0.327. The standard InChI is InChI=1S/C16H19F3N4O/c17-16(18,19)15(24)12-6-8-22(9-7-12)11-13-10-20-23(21-13)14-4-2-1-3-5-14/h1-5,10,12,15,24H,6-9,11H2. The molecule has 1 aliphatic heterocycles. The molecular formula is C16H19F3N4O. The van der Waals surface area contributed by atoms with Crippen molar-refractivity contribution < 1.29 is 18.3 Å². The molecular weight excluding hydrogens is 321 g/mol. The predicted octanol–water partition coefficient (Wildman–Crippen LogP) is 2.40. The van der Waals surface area contributed by atoms with Gasteiger partial charge in [0.1, 0.15) is 0 Å². The lowest BCUT2D eigenvalue weighted by Crippen LogP contribution is -2.43. The topological polar surface area (TPSA) is 54.2 Å². The molecule has 1 unspecified atom stereocenters. The van der Waals surface area contributed by atoms with E-state index in [1.807, 2.05) is 35.2 Å². The third-order valence-corrected chi connectivity index (χ3v) is 4.33. The first-order valence-electron chi connectivity index (χ1n) is 7.87. The van der Waals surface area contributed by atoms with E-state index in [9.17, 15) is 18.3 Å². The molecule has 0 radical (unpaired) electrons. The molecule has 1 aromatic heterocycles. The first-order chi connectivity index (χ1) is 11.4. The van der Waals surface area contributed by atoms with Crippen LogP contribution in [0.25, 0.3) is 5.69 Å². The lowest BCUT2D eigenvalue weighted by molar-refractivity contribution is -0.223. The number of benzene rings is 1. The van der Waals surface area contributed by atoms with Crippen LogP contribution in [0.1, 0.15) is 18.5 Å². The smallest absolute Gasteiger partial charge is 0.383 e. The van der Waals surface area contributed by atoms with E-state index >= 15 is 0 Å². The zero-order chi connectivity index (χ0) is 17.2. The zero-order valence-corrected chi connectivity index (χ0v) is 13.0. The quantitative estimate of drug-likeness (QED) is 0.929. The third-order valence-electron chi connectivity index (χ3n) is 4.33. The number of hydrogen-bond donors (Lipinski definition) is 1. The summed E-state index contributed by atoms with van der Waals surface area (Å²) in [5.41, 5.74) is 1.63. The predicted molar refractivity (Wildman–Crippen MR) is 81.4 cm³/mol. The molecule has 1 aliphatic rings. The van der Waals surface area contributed by atoms with Crippen LogP contribution in [0.5, 0.6) is 0 Å². The third kappa shape index (κ3) is 3.93. The van der Waals surface area contributed by atoms with Gasteiger partial charge in [0.25, 0.3) is 0 Å². The highest BCUT2D eigenvalue weighted by atomic mass is 19.4. The Hall–Kier alpha value is -1.93. The average molecular weight is 340 g/mol. The van der Waals surface area contributed by atoms with Gasteiger partial charge in [-0.25, -0.2) is 0 Å². The molecule has 3 rings (SSSR count). The summed E-state index contributed by atoms with van der Waals surface area (Å²) in [5, 5.41) is 18.0. The fourth-order valence-electron chi connectivity index (χ4n) is 2.98. The largest absolute Gasteiger partial charge is 0.414 e. The molecule has 24 heavy (non-hydrogen) atoms. The monoisotopic (exact) mass is 340 g/mol. The summed E-state index contributed by atoms with van der Waals surface area (Å²) in [6.45, 7) is 1.56. The number of piperidine rings is 1. The highest BCUT2D eigenvalue weighted by Gasteiger charge is 2.44. The van der Waals surface area contributed by atoms with Crippen molar-refractivity contribution in [1.29, 1.82) is 0 Å². The summed E-state index contributed by atoms with van der Waals surface area (Å²) in [6.07, 6.45) is -4.44. The van der Waals surface area contributed by atoms with E-state index in [1.54, 1.807) is 6.20 Å². The van der Waals surface area contributed by atoms with Crippen molar-refractivity contribution in [3.63, 3.8) is 0 Å². The Balaban J connectivity index is 1.55. The molecule has 0 amide bonds.